The van der Waals surface area contributed by atoms with Gasteiger partial charge in [0.25, 0.3) is 0 Å². The molecule has 0 amide bonds. The number of nitrogens with two attached hydrogens (primary N) is 1. The first kappa shape index (κ1) is 9.49. The van der Waals surface area contributed by atoms with Crippen LogP contribution in [0.25, 0.3) is 0 Å². The van der Waals surface area contributed by atoms with Crippen molar-refractivity contribution < 1.29 is 4.39 Å². The van der Waals surface area contributed by atoms with Gasteiger partial charge in [-0.2, -0.15) is 0 Å². The lowest BCUT2D eigenvalue weighted by molar-refractivity contribution is 0.625. The van der Waals surface area contributed by atoms with Crippen molar-refractivity contribution in [2.45, 2.75) is 6.04 Å². The molecule has 0 bridgehead atoms. The van der Waals surface area contributed by atoms with Gasteiger partial charge in [0.05, 0.1) is 6.04 Å². The van der Waals surface area contributed by atoms with Crippen LogP contribution in [0.2, 0.25) is 0 Å². The second-order valence-electron chi connectivity index (χ2n) is 2.31. The van der Waals surface area contributed by atoms with E-state index in [1.165, 1.54) is 12.1 Å². The smallest absolute Gasteiger partial charge is 0.124 e. The zero-order valence-corrected chi connectivity index (χ0v) is 8.38. The summed E-state index contributed by atoms with van der Waals surface area (Å²) in [6.45, 7) is 0. The van der Waals surface area contributed by atoms with Crippen LogP contribution >= 0.6 is 22.6 Å². The molecule has 0 aliphatic heterocycles. The first-order valence-electron chi connectivity index (χ1n) is 3.32. The number of terminal acetylenes is 1. The fourth-order valence-corrected chi connectivity index (χ4v) is 1.66. The lowest BCUT2D eigenvalue weighted by Gasteiger charge is -2.06. The Balaban J connectivity index is 3.11. The number of hydrogen-bond donors (Lipinski definition) is 1. The van der Waals surface area contributed by atoms with Crippen LogP contribution in [0, 0.1) is 21.7 Å². The Labute approximate surface area is 84.3 Å². The third kappa shape index (κ3) is 1.96. The lowest BCUT2D eigenvalue weighted by atomic mass is 10.1. The van der Waals surface area contributed by atoms with Gasteiger partial charge in [-0.05, 0) is 40.3 Å². The normalized spacial score (nSPS) is 12.2. The van der Waals surface area contributed by atoms with Crippen LogP contribution in [0.1, 0.15) is 11.6 Å². The molecule has 0 aliphatic carbocycles. The minimum absolute atomic E-state index is 0.271. The zero-order chi connectivity index (χ0) is 9.14. The Bertz CT molecular complexity index is 330. The van der Waals surface area contributed by atoms with E-state index in [0.29, 0.717) is 0 Å². The molecule has 0 fully saturated rings. The van der Waals surface area contributed by atoms with Gasteiger partial charge in [0.2, 0.25) is 0 Å². The molecule has 0 spiro atoms. The Kier molecular flexibility index (Phi) is 3.06. The van der Waals surface area contributed by atoms with E-state index in [9.17, 15) is 4.39 Å². The van der Waals surface area contributed by atoms with Crippen molar-refractivity contribution in [3.05, 3.63) is 33.1 Å². The van der Waals surface area contributed by atoms with Gasteiger partial charge in [-0.15, -0.1) is 6.42 Å². The van der Waals surface area contributed by atoms with Gasteiger partial charge in [0.1, 0.15) is 5.82 Å². The van der Waals surface area contributed by atoms with Crippen LogP contribution in [0.3, 0.4) is 0 Å². The molecule has 1 atom stereocenters. The van der Waals surface area contributed by atoms with E-state index in [1.807, 2.05) is 22.6 Å². The van der Waals surface area contributed by atoms with Crippen molar-refractivity contribution >= 4 is 22.6 Å². The first-order chi connectivity index (χ1) is 5.65. The maximum atomic E-state index is 12.6. The summed E-state index contributed by atoms with van der Waals surface area (Å²) in [4.78, 5) is 0. The molecule has 1 aromatic carbocycles. The molecule has 1 rings (SSSR count). The van der Waals surface area contributed by atoms with Crippen molar-refractivity contribution in [2.75, 3.05) is 0 Å². The first-order valence-corrected chi connectivity index (χ1v) is 4.39. The molecule has 0 radical (unpaired) electrons. The van der Waals surface area contributed by atoms with Gasteiger partial charge in [0, 0.05) is 3.57 Å². The molecule has 0 saturated carbocycles. The van der Waals surface area contributed by atoms with Crippen LogP contribution in [-0.2, 0) is 0 Å². The quantitative estimate of drug-likeness (QED) is 0.616. The second-order valence-corrected chi connectivity index (χ2v) is 3.47. The van der Waals surface area contributed by atoms with Crippen molar-refractivity contribution in [1.29, 1.82) is 0 Å². The van der Waals surface area contributed by atoms with Crippen molar-refractivity contribution in [3.63, 3.8) is 0 Å². The molecule has 0 aliphatic rings. The average Bonchev–Trinajstić information content (AvgIpc) is 2.03. The van der Waals surface area contributed by atoms with Gasteiger partial charge in [0.15, 0.2) is 0 Å². The van der Waals surface area contributed by atoms with E-state index in [2.05, 4.69) is 5.92 Å². The summed E-state index contributed by atoms with van der Waals surface area (Å²) in [5.41, 5.74) is 6.37. The average molecular weight is 275 g/mol. The summed E-state index contributed by atoms with van der Waals surface area (Å²) in [5.74, 6) is 2.12. The summed E-state index contributed by atoms with van der Waals surface area (Å²) in [6, 6.07) is 3.93. The Hall–Kier alpha value is -0.600. The molecular weight excluding hydrogens is 268 g/mol. The lowest BCUT2D eigenvalue weighted by Crippen LogP contribution is -2.08. The molecule has 0 heterocycles. The molecule has 3 heteroatoms. The summed E-state index contributed by atoms with van der Waals surface area (Å²) in [7, 11) is 0. The van der Waals surface area contributed by atoms with Crippen LogP contribution in [-0.4, -0.2) is 0 Å². The van der Waals surface area contributed by atoms with Gasteiger partial charge in [-0.1, -0.05) is 12.0 Å². The Morgan fingerprint density at radius 2 is 2.25 bits per heavy atom. The standard InChI is InChI=1S/C9H7FIN/c1-2-9(12)7-4-3-6(10)5-8(7)11/h1,3-5,9H,12H2. The highest BCUT2D eigenvalue weighted by Gasteiger charge is 2.06. The summed E-state index contributed by atoms with van der Waals surface area (Å²) in [6.07, 6.45) is 5.14. The van der Waals surface area contributed by atoms with Gasteiger partial charge < -0.3 is 5.73 Å². The SMILES string of the molecule is C#CC(N)c1ccc(F)cc1I. The van der Waals surface area contributed by atoms with E-state index < -0.39 is 6.04 Å². The van der Waals surface area contributed by atoms with Crippen molar-refractivity contribution in [1.82, 2.24) is 0 Å². The Morgan fingerprint density at radius 3 is 2.75 bits per heavy atom. The molecule has 1 unspecified atom stereocenters. The second kappa shape index (κ2) is 3.87. The molecule has 1 nitrogen and oxygen atoms in total. The molecule has 12 heavy (non-hydrogen) atoms. The topological polar surface area (TPSA) is 26.0 Å². The number of benzene rings is 1. The van der Waals surface area contributed by atoms with Crippen LogP contribution in [0.15, 0.2) is 18.2 Å². The highest BCUT2D eigenvalue weighted by Crippen LogP contribution is 2.18. The van der Waals surface area contributed by atoms with E-state index in [0.717, 1.165) is 9.13 Å². The maximum absolute atomic E-state index is 12.6. The fourth-order valence-electron chi connectivity index (χ4n) is 0.844. The molecule has 2 N–H and O–H groups in total. The van der Waals surface area contributed by atoms with E-state index in [-0.39, 0.29) is 5.82 Å². The fraction of sp³-hybridized carbons (Fsp3) is 0.111. The van der Waals surface area contributed by atoms with E-state index >= 15 is 0 Å². The highest BCUT2D eigenvalue weighted by molar-refractivity contribution is 14.1. The molecule has 0 saturated heterocycles. The van der Waals surface area contributed by atoms with E-state index in [4.69, 9.17) is 12.2 Å². The predicted molar refractivity (Wildman–Crippen MR) is 54.9 cm³/mol. The third-order valence-corrected chi connectivity index (χ3v) is 2.41. The highest BCUT2D eigenvalue weighted by atomic mass is 127. The van der Waals surface area contributed by atoms with E-state index in [1.54, 1.807) is 6.07 Å². The zero-order valence-electron chi connectivity index (χ0n) is 6.22. The molecular formula is C9H7FIN. The van der Waals surface area contributed by atoms with Crippen LogP contribution < -0.4 is 5.73 Å². The number of halogens is 2. The largest absolute Gasteiger partial charge is 0.314 e. The van der Waals surface area contributed by atoms with Crippen LogP contribution in [0.5, 0.6) is 0 Å². The van der Waals surface area contributed by atoms with Crippen LogP contribution in [0.4, 0.5) is 4.39 Å². The summed E-state index contributed by atoms with van der Waals surface area (Å²) >= 11 is 2.01. The minimum atomic E-state index is -0.447. The predicted octanol–water partition coefficient (Wildman–Crippen LogP) is 2.06. The number of rotatable bonds is 1. The monoisotopic (exact) mass is 275 g/mol. The number of hydrogen-bond acceptors (Lipinski definition) is 1. The molecule has 62 valence electrons. The Morgan fingerprint density at radius 1 is 1.58 bits per heavy atom. The van der Waals surface area contributed by atoms with Gasteiger partial charge in [-0.3, -0.25) is 0 Å². The molecule has 1 aromatic rings. The van der Waals surface area contributed by atoms with Gasteiger partial charge >= 0.3 is 0 Å². The van der Waals surface area contributed by atoms with Gasteiger partial charge in [-0.25, -0.2) is 4.39 Å². The maximum Gasteiger partial charge on any atom is 0.124 e. The van der Waals surface area contributed by atoms with Crippen molar-refractivity contribution in [3.8, 4) is 12.3 Å². The summed E-state index contributed by atoms with van der Waals surface area (Å²) < 4.78 is 13.4. The third-order valence-electron chi connectivity index (χ3n) is 1.48. The molecule has 0 aromatic heterocycles. The van der Waals surface area contributed by atoms with Crippen molar-refractivity contribution in [2.24, 2.45) is 5.73 Å². The summed E-state index contributed by atoms with van der Waals surface area (Å²) in [5, 5.41) is 0. The minimum Gasteiger partial charge on any atom is -0.314 e.